The number of hydrogen-bond acceptors (Lipinski definition) is 3. The van der Waals surface area contributed by atoms with Gasteiger partial charge in [-0.1, -0.05) is 19.1 Å². The quantitative estimate of drug-likeness (QED) is 0.736. The van der Waals surface area contributed by atoms with Gasteiger partial charge in [0.2, 0.25) is 0 Å². The van der Waals surface area contributed by atoms with E-state index in [9.17, 15) is 4.79 Å². The lowest BCUT2D eigenvalue weighted by Crippen LogP contribution is -2.18. The van der Waals surface area contributed by atoms with E-state index < -0.39 is 0 Å². The Morgan fingerprint density at radius 2 is 1.30 bits per heavy atom. The number of nitrogens with zero attached hydrogens (tertiary/aromatic N) is 2. The summed E-state index contributed by atoms with van der Waals surface area (Å²) in [4.78, 5) is 16.3. The third-order valence-electron chi connectivity index (χ3n) is 3.08. The molecular weight excluding hydrogens is 248 g/mol. The van der Waals surface area contributed by atoms with Crippen LogP contribution in [0.2, 0.25) is 0 Å². The summed E-state index contributed by atoms with van der Waals surface area (Å²) in [6.45, 7) is 2.19. The molecule has 0 aromatic rings. The molecule has 0 radical (unpaired) electrons. The number of carbonyl (C=O) groups is 1. The molecule has 110 valence electrons. The van der Waals surface area contributed by atoms with Gasteiger partial charge in [0.05, 0.1) is 0 Å². The number of Topliss-reactive ketones (excluding diaryl/α,β-unsaturated/α-hetero) is 1. The fourth-order valence-electron chi connectivity index (χ4n) is 2.16. The summed E-state index contributed by atoms with van der Waals surface area (Å²) in [6, 6.07) is 0. The van der Waals surface area contributed by atoms with E-state index in [2.05, 4.69) is 6.92 Å². The van der Waals surface area contributed by atoms with Crippen LogP contribution in [0.1, 0.15) is 19.8 Å². The molecule has 1 aliphatic carbocycles. The topological polar surface area (TPSA) is 23.6 Å². The molecule has 1 atom stereocenters. The monoisotopic (exact) mass is 274 g/mol. The number of allylic oxidation sites excluding steroid dienone is 6. The molecule has 3 nitrogen and oxygen atoms in total. The van der Waals surface area contributed by atoms with Crippen molar-refractivity contribution in [2.75, 3.05) is 28.2 Å². The average molecular weight is 274 g/mol. The fraction of sp³-hybridized carbons (Fsp3) is 0.471. The first-order valence-corrected chi connectivity index (χ1v) is 7.02. The van der Waals surface area contributed by atoms with Crippen molar-refractivity contribution in [3.05, 3.63) is 47.9 Å². The van der Waals surface area contributed by atoms with Crippen molar-refractivity contribution in [2.45, 2.75) is 19.8 Å². The van der Waals surface area contributed by atoms with E-state index >= 15 is 0 Å². The summed E-state index contributed by atoms with van der Waals surface area (Å²) < 4.78 is 0. The molecule has 0 N–H and O–H groups in total. The summed E-state index contributed by atoms with van der Waals surface area (Å²) in [6.07, 6.45) is 13.4. The second-order valence-corrected chi connectivity index (χ2v) is 5.84. The average Bonchev–Trinajstić information content (AvgIpc) is 2.33. The zero-order valence-electron chi connectivity index (χ0n) is 13.3. The van der Waals surface area contributed by atoms with Gasteiger partial charge >= 0.3 is 0 Å². The van der Waals surface area contributed by atoms with E-state index in [1.807, 2.05) is 74.7 Å². The second-order valence-electron chi connectivity index (χ2n) is 5.84. The van der Waals surface area contributed by atoms with Gasteiger partial charge in [-0.2, -0.15) is 0 Å². The van der Waals surface area contributed by atoms with Gasteiger partial charge in [0, 0.05) is 39.3 Å². The highest BCUT2D eigenvalue weighted by molar-refractivity contribution is 6.09. The van der Waals surface area contributed by atoms with E-state index in [1.54, 1.807) is 0 Å². The highest BCUT2D eigenvalue weighted by Gasteiger charge is 2.24. The van der Waals surface area contributed by atoms with Gasteiger partial charge in [-0.05, 0) is 43.3 Å². The molecule has 3 heteroatoms. The standard InChI is InChI=1S/C17H26N2O/c1-14-12-15(8-6-10-18(2)3)17(20)16(13-14)9-7-11-19(4)5/h6-11,14H,12-13H2,1-5H3/b10-6+,11-7+,15-8-,16-9+. The number of ketones is 1. The second kappa shape index (κ2) is 7.73. The lowest BCUT2D eigenvalue weighted by molar-refractivity contribution is -0.113. The molecule has 0 amide bonds. The third kappa shape index (κ3) is 5.47. The maximum atomic E-state index is 12.4. The number of hydrogen-bond donors (Lipinski definition) is 0. The first kappa shape index (κ1) is 16.3. The van der Waals surface area contributed by atoms with Gasteiger partial charge in [0.15, 0.2) is 5.78 Å². The van der Waals surface area contributed by atoms with Gasteiger partial charge in [-0.3, -0.25) is 4.79 Å². The minimum Gasteiger partial charge on any atom is -0.383 e. The minimum atomic E-state index is 0.190. The van der Waals surface area contributed by atoms with E-state index in [0.29, 0.717) is 5.92 Å². The minimum absolute atomic E-state index is 0.190. The Hall–Kier alpha value is -1.77. The van der Waals surface area contributed by atoms with E-state index in [1.165, 1.54) is 0 Å². The van der Waals surface area contributed by atoms with Crippen LogP contribution in [-0.4, -0.2) is 43.8 Å². The summed E-state index contributed by atoms with van der Waals surface area (Å²) in [5.74, 6) is 0.709. The van der Waals surface area contributed by atoms with Crippen LogP contribution in [-0.2, 0) is 4.79 Å². The summed E-state index contributed by atoms with van der Waals surface area (Å²) >= 11 is 0. The van der Waals surface area contributed by atoms with Crippen LogP contribution in [0.4, 0.5) is 0 Å². The summed E-state index contributed by atoms with van der Waals surface area (Å²) in [5.41, 5.74) is 1.82. The summed E-state index contributed by atoms with van der Waals surface area (Å²) in [5, 5.41) is 0. The Morgan fingerprint density at radius 3 is 1.65 bits per heavy atom. The van der Waals surface area contributed by atoms with Gasteiger partial charge < -0.3 is 9.80 Å². The predicted molar refractivity (Wildman–Crippen MR) is 85.2 cm³/mol. The van der Waals surface area contributed by atoms with Crippen molar-refractivity contribution < 1.29 is 4.79 Å². The SMILES string of the molecule is CC1C/C(=C/C=C/N(C)C)C(=O)/C(=C/C=C/N(C)C)C1. The molecule has 0 aromatic heterocycles. The molecule has 0 aliphatic heterocycles. The van der Waals surface area contributed by atoms with Gasteiger partial charge in [-0.15, -0.1) is 0 Å². The van der Waals surface area contributed by atoms with Crippen LogP contribution in [0, 0.1) is 5.92 Å². The Balaban J connectivity index is 2.87. The first-order chi connectivity index (χ1) is 9.40. The highest BCUT2D eigenvalue weighted by Crippen LogP contribution is 2.29. The molecule has 1 rings (SSSR count). The van der Waals surface area contributed by atoms with Crippen molar-refractivity contribution in [3.8, 4) is 0 Å². The Morgan fingerprint density at radius 1 is 0.900 bits per heavy atom. The Kier molecular flexibility index (Phi) is 6.29. The van der Waals surface area contributed by atoms with Crippen molar-refractivity contribution in [1.82, 2.24) is 9.80 Å². The smallest absolute Gasteiger partial charge is 0.185 e. The van der Waals surface area contributed by atoms with Crippen LogP contribution >= 0.6 is 0 Å². The summed E-state index contributed by atoms with van der Waals surface area (Å²) in [7, 11) is 7.88. The van der Waals surface area contributed by atoms with Crippen LogP contribution in [0.25, 0.3) is 0 Å². The maximum absolute atomic E-state index is 12.4. The normalized spacial score (nSPS) is 24.2. The molecule has 1 fully saturated rings. The van der Waals surface area contributed by atoms with E-state index in [4.69, 9.17) is 0 Å². The molecule has 0 spiro atoms. The molecule has 0 saturated heterocycles. The maximum Gasteiger partial charge on any atom is 0.185 e. The van der Waals surface area contributed by atoms with Gasteiger partial charge in [0.1, 0.15) is 0 Å². The van der Waals surface area contributed by atoms with E-state index in [0.717, 1.165) is 24.0 Å². The highest BCUT2D eigenvalue weighted by atomic mass is 16.1. The molecular formula is C17H26N2O. The van der Waals surface area contributed by atoms with Crippen molar-refractivity contribution >= 4 is 5.78 Å². The fourth-order valence-corrected chi connectivity index (χ4v) is 2.16. The zero-order valence-corrected chi connectivity index (χ0v) is 13.3. The molecule has 1 unspecified atom stereocenters. The van der Waals surface area contributed by atoms with Gasteiger partial charge in [-0.25, -0.2) is 0 Å². The Bertz CT molecular complexity index is 414. The number of rotatable bonds is 4. The number of carbonyl (C=O) groups excluding carboxylic acids is 1. The molecule has 1 saturated carbocycles. The van der Waals surface area contributed by atoms with Crippen LogP contribution in [0.5, 0.6) is 0 Å². The molecule has 0 aromatic carbocycles. The first-order valence-electron chi connectivity index (χ1n) is 7.02. The third-order valence-corrected chi connectivity index (χ3v) is 3.08. The van der Waals surface area contributed by atoms with Crippen molar-refractivity contribution in [3.63, 3.8) is 0 Å². The lowest BCUT2D eigenvalue weighted by atomic mass is 9.82. The molecule has 20 heavy (non-hydrogen) atoms. The molecule has 0 heterocycles. The van der Waals surface area contributed by atoms with Gasteiger partial charge in [0.25, 0.3) is 0 Å². The largest absolute Gasteiger partial charge is 0.383 e. The zero-order chi connectivity index (χ0) is 15.1. The van der Waals surface area contributed by atoms with Crippen LogP contribution in [0.15, 0.2) is 47.9 Å². The van der Waals surface area contributed by atoms with Crippen molar-refractivity contribution in [1.29, 1.82) is 0 Å². The molecule has 1 aliphatic rings. The van der Waals surface area contributed by atoms with Crippen LogP contribution < -0.4 is 0 Å². The Labute approximate surface area is 122 Å². The van der Waals surface area contributed by atoms with Crippen LogP contribution in [0.3, 0.4) is 0 Å². The lowest BCUT2D eigenvalue weighted by Gasteiger charge is -2.22. The molecule has 0 bridgehead atoms. The predicted octanol–water partition coefficient (Wildman–Crippen LogP) is 2.99. The van der Waals surface area contributed by atoms with Crippen molar-refractivity contribution in [2.24, 2.45) is 5.92 Å². The van der Waals surface area contributed by atoms with E-state index in [-0.39, 0.29) is 5.78 Å².